The van der Waals surface area contributed by atoms with Gasteiger partial charge in [-0.2, -0.15) is 0 Å². The van der Waals surface area contributed by atoms with Crippen molar-refractivity contribution in [1.29, 1.82) is 0 Å². The second-order valence-electron chi connectivity index (χ2n) is 7.59. The van der Waals surface area contributed by atoms with Gasteiger partial charge in [0.25, 0.3) is 0 Å². The minimum absolute atomic E-state index is 0.0512. The van der Waals surface area contributed by atoms with Gasteiger partial charge in [-0.1, -0.05) is 0 Å². The number of nitrogens with zero attached hydrogens (tertiary/aromatic N) is 1. The first kappa shape index (κ1) is 15.2. The molecule has 22 heavy (non-hydrogen) atoms. The van der Waals surface area contributed by atoms with Crippen LogP contribution >= 0.6 is 11.8 Å². The molecule has 0 bridgehead atoms. The number of halogens is 1. The summed E-state index contributed by atoms with van der Waals surface area (Å²) in [7, 11) is 2.04. The van der Waals surface area contributed by atoms with Crippen molar-refractivity contribution >= 4 is 17.7 Å². The summed E-state index contributed by atoms with van der Waals surface area (Å²) in [6, 6.07) is 0.497. The van der Waals surface area contributed by atoms with E-state index in [-0.39, 0.29) is 17.3 Å². The second-order valence-corrected chi connectivity index (χ2v) is 8.88. The van der Waals surface area contributed by atoms with Gasteiger partial charge < -0.3 is 10.2 Å². The third-order valence-electron chi connectivity index (χ3n) is 6.01. The SMILES string of the molecule is CN1CC(C(=O)NC2NC3CCC4CC(F)CCC4C3S2)C1. The van der Waals surface area contributed by atoms with E-state index in [9.17, 15) is 9.18 Å². The molecule has 4 rings (SSSR count). The van der Waals surface area contributed by atoms with Crippen LogP contribution in [0.25, 0.3) is 0 Å². The summed E-state index contributed by atoms with van der Waals surface area (Å²) in [5.41, 5.74) is 0.0512. The highest BCUT2D eigenvalue weighted by Gasteiger charge is 2.48. The highest BCUT2D eigenvalue weighted by Crippen LogP contribution is 2.48. The van der Waals surface area contributed by atoms with E-state index in [0.29, 0.717) is 23.1 Å². The monoisotopic (exact) mass is 327 g/mol. The molecule has 0 aromatic heterocycles. The first-order valence-corrected chi connectivity index (χ1v) is 9.59. The molecule has 2 saturated heterocycles. The van der Waals surface area contributed by atoms with Crippen molar-refractivity contribution in [3.63, 3.8) is 0 Å². The van der Waals surface area contributed by atoms with Gasteiger partial charge in [-0.15, -0.1) is 11.8 Å². The summed E-state index contributed by atoms with van der Waals surface area (Å²) < 4.78 is 13.6. The van der Waals surface area contributed by atoms with Crippen LogP contribution in [-0.4, -0.2) is 53.9 Å². The van der Waals surface area contributed by atoms with Gasteiger partial charge in [-0.25, -0.2) is 4.39 Å². The number of fused-ring (bicyclic) bond motifs is 3. The molecule has 2 saturated carbocycles. The number of amides is 1. The summed E-state index contributed by atoms with van der Waals surface area (Å²) in [6.45, 7) is 1.75. The van der Waals surface area contributed by atoms with E-state index in [2.05, 4.69) is 15.5 Å². The van der Waals surface area contributed by atoms with E-state index >= 15 is 0 Å². The zero-order chi connectivity index (χ0) is 15.3. The van der Waals surface area contributed by atoms with Crippen LogP contribution in [0.15, 0.2) is 0 Å². The Labute approximate surface area is 135 Å². The third-order valence-corrected chi connectivity index (χ3v) is 7.53. The van der Waals surface area contributed by atoms with E-state index < -0.39 is 6.17 Å². The molecule has 2 aliphatic heterocycles. The number of carbonyl (C=O) groups is 1. The molecule has 1 amide bonds. The molecule has 0 aromatic rings. The maximum absolute atomic E-state index is 13.6. The lowest BCUT2D eigenvalue weighted by Crippen LogP contribution is -2.55. The summed E-state index contributed by atoms with van der Waals surface area (Å²) in [5.74, 6) is 1.55. The maximum Gasteiger partial charge on any atom is 0.227 e. The Morgan fingerprint density at radius 1 is 1.27 bits per heavy atom. The predicted molar refractivity (Wildman–Crippen MR) is 86.2 cm³/mol. The van der Waals surface area contributed by atoms with Crippen molar-refractivity contribution in [2.75, 3.05) is 20.1 Å². The molecule has 6 heteroatoms. The Morgan fingerprint density at radius 3 is 2.86 bits per heavy atom. The molecule has 0 spiro atoms. The Morgan fingerprint density at radius 2 is 2.09 bits per heavy atom. The lowest BCUT2D eigenvalue weighted by atomic mass is 9.68. The first-order chi connectivity index (χ1) is 10.6. The van der Waals surface area contributed by atoms with Crippen LogP contribution in [-0.2, 0) is 4.79 Å². The average Bonchev–Trinajstić information content (AvgIpc) is 2.86. The van der Waals surface area contributed by atoms with Gasteiger partial charge in [-0.3, -0.25) is 10.1 Å². The summed E-state index contributed by atoms with van der Waals surface area (Å²) in [5, 5.41) is 7.34. The Balaban J connectivity index is 1.34. The van der Waals surface area contributed by atoms with Gasteiger partial charge >= 0.3 is 0 Å². The minimum atomic E-state index is -0.580. The number of nitrogens with one attached hydrogen (secondary N) is 2. The molecule has 2 N–H and O–H groups in total. The molecule has 6 atom stereocenters. The molecule has 4 aliphatic rings. The minimum Gasteiger partial charge on any atom is -0.331 e. The van der Waals surface area contributed by atoms with Crippen LogP contribution in [0, 0.1) is 17.8 Å². The molecular formula is C16H26FN3OS. The van der Waals surface area contributed by atoms with Gasteiger partial charge in [0.1, 0.15) is 11.7 Å². The lowest BCUT2D eigenvalue weighted by molar-refractivity contribution is -0.129. The topological polar surface area (TPSA) is 44.4 Å². The second kappa shape index (κ2) is 5.95. The van der Waals surface area contributed by atoms with E-state index in [1.807, 2.05) is 18.8 Å². The number of hydrogen-bond acceptors (Lipinski definition) is 4. The van der Waals surface area contributed by atoms with Crippen molar-refractivity contribution in [3.8, 4) is 0 Å². The fraction of sp³-hybridized carbons (Fsp3) is 0.938. The van der Waals surface area contributed by atoms with Crippen molar-refractivity contribution in [2.24, 2.45) is 17.8 Å². The fourth-order valence-corrected chi connectivity index (χ4v) is 6.52. The predicted octanol–water partition coefficient (Wildman–Crippen LogP) is 1.57. The molecule has 4 fully saturated rings. The number of rotatable bonds is 2. The normalized spacial score (nSPS) is 45.7. The first-order valence-electron chi connectivity index (χ1n) is 8.64. The van der Waals surface area contributed by atoms with Crippen LogP contribution in [0.1, 0.15) is 32.1 Å². The maximum atomic E-state index is 13.6. The van der Waals surface area contributed by atoms with E-state index in [1.165, 1.54) is 0 Å². The Hall–Kier alpha value is -0.330. The molecule has 124 valence electrons. The fourth-order valence-electron chi connectivity index (χ4n) is 4.80. The van der Waals surface area contributed by atoms with Crippen molar-refractivity contribution in [1.82, 2.24) is 15.5 Å². The highest BCUT2D eigenvalue weighted by atomic mass is 32.2. The number of alkyl halides is 1. The molecule has 2 aliphatic carbocycles. The molecular weight excluding hydrogens is 301 g/mol. The Bertz CT molecular complexity index is 445. The molecule has 0 aromatic carbocycles. The van der Waals surface area contributed by atoms with Crippen LogP contribution in [0.2, 0.25) is 0 Å². The van der Waals surface area contributed by atoms with Crippen molar-refractivity contribution in [2.45, 2.75) is 55.1 Å². The molecule has 2 heterocycles. The largest absolute Gasteiger partial charge is 0.331 e. The van der Waals surface area contributed by atoms with Crippen LogP contribution < -0.4 is 10.6 Å². The quantitative estimate of drug-likeness (QED) is 0.808. The summed E-state index contributed by atoms with van der Waals surface area (Å²) >= 11 is 1.88. The van der Waals surface area contributed by atoms with Crippen LogP contribution in [0.4, 0.5) is 4.39 Å². The highest BCUT2D eigenvalue weighted by molar-refractivity contribution is 8.00. The van der Waals surface area contributed by atoms with Gasteiger partial charge in [-0.05, 0) is 51.0 Å². The van der Waals surface area contributed by atoms with Crippen LogP contribution in [0.5, 0.6) is 0 Å². The zero-order valence-corrected chi connectivity index (χ0v) is 13.9. The summed E-state index contributed by atoms with van der Waals surface area (Å²) in [4.78, 5) is 14.4. The molecule has 0 radical (unpaired) electrons. The van der Waals surface area contributed by atoms with E-state index in [0.717, 1.165) is 45.2 Å². The smallest absolute Gasteiger partial charge is 0.227 e. The van der Waals surface area contributed by atoms with Gasteiger partial charge in [0.2, 0.25) is 5.91 Å². The van der Waals surface area contributed by atoms with E-state index in [4.69, 9.17) is 0 Å². The average molecular weight is 327 g/mol. The van der Waals surface area contributed by atoms with Crippen molar-refractivity contribution < 1.29 is 9.18 Å². The lowest BCUT2D eigenvalue weighted by Gasteiger charge is -2.42. The van der Waals surface area contributed by atoms with Gasteiger partial charge in [0.05, 0.1) is 5.92 Å². The van der Waals surface area contributed by atoms with E-state index in [1.54, 1.807) is 0 Å². The number of likely N-dealkylation sites (tertiary alicyclic amines) is 1. The van der Waals surface area contributed by atoms with Gasteiger partial charge in [0.15, 0.2) is 0 Å². The molecule has 6 unspecified atom stereocenters. The Kier molecular flexibility index (Phi) is 4.11. The number of carbonyl (C=O) groups excluding carboxylic acids is 1. The van der Waals surface area contributed by atoms with Gasteiger partial charge in [0, 0.05) is 24.4 Å². The number of hydrogen-bond donors (Lipinski definition) is 2. The summed E-state index contributed by atoms with van der Waals surface area (Å²) in [6.07, 6.45) is 4.22. The standard InChI is InChI=1S/C16H26FN3OS/c1-20-7-10(8-20)15(21)19-16-18-13-5-2-9-6-11(17)3-4-12(9)14(13)22-16/h9-14,16,18H,2-8H2,1H3,(H,19,21). The van der Waals surface area contributed by atoms with Crippen molar-refractivity contribution in [3.05, 3.63) is 0 Å². The molecule has 4 nitrogen and oxygen atoms in total. The number of thioether (sulfide) groups is 1. The zero-order valence-electron chi connectivity index (χ0n) is 13.1. The van der Waals surface area contributed by atoms with Crippen LogP contribution in [0.3, 0.4) is 0 Å². The third kappa shape index (κ3) is 2.78.